The molecule has 0 atom stereocenters. The Kier molecular flexibility index (Phi) is 4.02. The second kappa shape index (κ2) is 7.30. The Labute approximate surface area is 210 Å². The minimum atomic E-state index is 0.858. The summed E-state index contributed by atoms with van der Waals surface area (Å²) in [6.45, 7) is 0. The van der Waals surface area contributed by atoms with Gasteiger partial charge in [0.1, 0.15) is 5.75 Å². The number of pyridine rings is 1. The summed E-state index contributed by atoms with van der Waals surface area (Å²) in [6.07, 6.45) is 2.27. The van der Waals surface area contributed by atoms with Crippen molar-refractivity contribution < 1.29 is 4.74 Å². The summed E-state index contributed by atoms with van der Waals surface area (Å²) in [4.78, 5) is 5.25. The van der Waals surface area contributed by atoms with Crippen molar-refractivity contribution >= 4 is 69.7 Å². The first-order valence-corrected chi connectivity index (χ1v) is 12.8. The molecule has 4 heteroatoms. The zero-order valence-electron chi connectivity index (χ0n) is 19.5. The van der Waals surface area contributed by atoms with E-state index < -0.39 is 0 Å². The maximum Gasteiger partial charge on any atom is 0.156 e. The number of ether oxygens (including phenoxy) is 1. The van der Waals surface area contributed by atoms with Gasteiger partial charge in [0, 0.05) is 32.6 Å². The van der Waals surface area contributed by atoms with Gasteiger partial charge in [-0.3, -0.25) is 4.40 Å². The third-order valence-electron chi connectivity index (χ3n) is 7.27. The minimum Gasteiger partial charge on any atom is -0.497 e. The average Bonchev–Trinajstić information content (AvgIpc) is 3.50. The number of rotatable bonds is 2. The van der Waals surface area contributed by atoms with E-state index in [1.54, 1.807) is 7.11 Å². The van der Waals surface area contributed by atoms with Crippen LogP contribution in [0, 0.1) is 0 Å². The Morgan fingerprint density at radius 1 is 0.750 bits per heavy atom. The molecule has 8 rings (SSSR count). The first-order chi connectivity index (χ1) is 17.8. The monoisotopic (exact) mass is 480 g/mol. The Bertz CT molecular complexity index is 2130. The molecule has 0 fully saturated rings. The van der Waals surface area contributed by atoms with Gasteiger partial charge in [0.2, 0.25) is 0 Å². The predicted octanol–water partition coefficient (Wildman–Crippen LogP) is 8.84. The van der Waals surface area contributed by atoms with Crippen molar-refractivity contribution in [3.8, 4) is 16.9 Å². The van der Waals surface area contributed by atoms with Gasteiger partial charge in [-0.1, -0.05) is 66.7 Å². The van der Waals surface area contributed by atoms with E-state index in [2.05, 4.69) is 95.5 Å². The summed E-state index contributed by atoms with van der Waals surface area (Å²) < 4.78 is 10.2. The standard InChI is InChI=1S/C32H20N2OS/c1-35-23-13-10-20(11-14-23)26-18-34-27-15-12-19-6-4-5-9-24(19)30(27)33-32(34)31-29(26)25-16-21-7-2-3-8-22(21)17-28(25)36-31/h2-18H,1H3. The summed E-state index contributed by atoms with van der Waals surface area (Å²) in [6, 6.07) is 34.5. The number of imidazole rings is 1. The smallest absolute Gasteiger partial charge is 0.156 e. The van der Waals surface area contributed by atoms with Crippen molar-refractivity contribution in [1.82, 2.24) is 9.38 Å². The van der Waals surface area contributed by atoms with Crippen LogP contribution in [-0.4, -0.2) is 16.5 Å². The maximum absolute atomic E-state index is 5.44. The summed E-state index contributed by atoms with van der Waals surface area (Å²) in [5.74, 6) is 0.858. The number of nitrogens with zero attached hydrogens (tertiary/aromatic N) is 2. The molecule has 0 radical (unpaired) electrons. The molecule has 8 aromatic rings. The van der Waals surface area contributed by atoms with Crippen LogP contribution in [0.1, 0.15) is 0 Å². The van der Waals surface area contributed by atoms with Gasteiger partial charge >= 0.3 is 0 Å². The molecule has 0 unspecified atom stereocenters. The lowest BCUT2D eigenvalue weighted by atomic mass is 9.99. The molecule has 170 valence electrons. The molecular weight excluding hydrogens is 460 g/mol. The molecule has 3 aromatic heterocycles. The van der Waals surface area contributed by atoms with Crippen molar-refractivity contribution in [2.24, 2.45) is 0 Å². The largest absolute Gasteiger partial charge is 0.497 e. The van der Waals surface area contributed by atoms with Gasteiger partial charge in [-0.05, 0) is 52.1 Å². The third-order valence-corrected chi connectivity index (χ3v) is 8.42. The fraction of sp³-hybridized carbons (Fsp3) is 0.0312. The lowest BCUT2D eigenvalue weighted by molar-refractivity contribution is 0.415. The Hall–Kier alpha value is -4.41. The van der Waals surface area contributed by atoms with Crippen molar-refractivity contribution in [2.45, 2.75) is 0 Å². The molecule has 0 spiro atoms. The number of methoxy groups -OCH3 is 1. The van der Waals surface area contributed by atoms with Crippen LogP contribution in [-0.2, 0) is 0 Å². The molecule has 0 aliphatic heterocycles. The highest BCUT2D eigenvalue weighted by Gasteiger charge is 2.19. The summed E-state index contributed by atoms with van der Waals surface area (Å²) in [7, 11) is 1.71. The molecule has 36 heavy (non-hydrogen) atoms. The normalized spacial score (nSPS) is 12.0. The molecule has 0 N–H and O–H groups in total. The lowest BCUT2D eigenvalue weighted by Gasteiger charge is -2.09. The number of hydrogen-bond acceptors (Lipinski definition) is 3. The van der Waals surface area contributed by atoms with E-state index in [1.165, 1.54) is 47.3 Å². The zero-order chi connectivity index (χ0) is 23.8. The van der Waals surface area contributed by atoms with E-state index in [4.69, 9.17) is 9.72 Å². The maximum atomic E-state index is 5.44. The molecule has 3 heterocycles. The number of aromatic nitrogens is 2. The molecule has 0 amide bonds. The van der Waals surface area contributed by atoms with Gasteiger partial charge < -0.3 is 4.74 Å². The molecule has 0 aliphatic rings. The molecule has 0 bridgehead atoms. The molecule has 3 nitrogen and oxygen atoms in total. The van der Waals surface area contributed by atoms with Crippen LogP contribution in [0.15, 0.2) is 103 Å². The van der Waals surface area contributed by atoms with Crippen LogP contribution in [0.5, 0.6) is 5.75 Å². The summed E-state index contributed by atoms with van der Waals surface area (Å²) >= 11 is 1.84. The number of fused-ring (bicyclic) bond motifs is 10. The van der Waals surface area contributed by atoms with Crippen molar-refractivity contribution in [3.63, 3.8) is 0 Å². The van der Waals surface area contributed by atoms with Crippen LogP contribution < -0.4 is 4.74 Å². The van der Waals surface area contributed by atoms with Gasteiger partial charge in [-0.25, -0.2) is 4.98 Å². The van der Waals surface area contributed by atoms with E-state index in [0.717, 1.165) is 28.0 Å². The van der Waals surface area contributed by atoms with Gasteiger partial charge in [-0.2, -0.15) is 0 Å². The zero-order valence-corrected chi connectivity index (χ0v) is 20.3. The third kappa shape index (κ3) is 2.70. The van der Waals surface area contributed by atoms with Crippen LogP contribution in [0.25, 0.3) is 69.5 Å². The second-order valence-electron chi connectivity index (χ2n) is 9.23. The van der Waals surface area contributed by atoms with Crippen molar-refractivity contribution in [2.75, 3.05) is 7.11 Å². The molecule has 5 aromatic carbocycles. The van der Waals surface area contributed by atoms with Crippen molar-refractivity contribution in [3.05, 3.63) is 103 Å². The highest BCUT2D eigenvalue weighted by atomic mass is 32.1. The number of benzene rings is 5. The second-order valence-corrected chi connectivity index (χ2v) is 10.3. The fourth-order valence-corrected chi connectivity index (χ4v) is 6.74. The molecule has 0 saturated heterocycles. The van der Waals surface area contributed by atoms with Gasteiger partial charge in [-0.15, -0.1) is 11.3 Å². The highest BCUT2D eigenvalue weighted by Crippen LogP contribution is 2.44. The Balaban J connectivity index is 1.58. The van der Waals surface area contributed by atoms with Crippen LogP contribution in [0.4, 0.5) is 0 Å². The minimum absolute atomic E-state index is 0.858. The van der Waals surface area contributed by atoms with E-state index in [0.29, 0.717) is 0 Å². The molecular formula is C32H20N2OS. The van der Waals surface area contributed by atoms with Crippen LogP contribution >= 0.6 is 11.3 Å². The molecule has 0 saturated carbocycles. The number of hydrogen-bond donors (Lipinski definition) is 0. The SMILES string of the molecule is COc1ccc(-c2cn3c4ccc5ccccc5c4nc3c3sc4cc5ccccc5cc4c23)cc1. The van der Waals surface area contributed by atoms with E-state index >= 15 is 0 Å². The highest BCUT2D eigenvalue weighted by molar-refractivity contribution is 7.26. The first-order valence-electron chi connectivity index (χ1n) is 12.0. The van der Waals surface area contributed by atoms with Crippen LogP contribution in [0.2, 0.25) is 0 Å². The average molecular weight is 481 g/mol. The van der Waals surface area contributed by atoms with Crippen molar-refractivity contribution in [1.29, 1.82) is 0 Å². The first kappa shape index (κ1) is 19.8. The summed E-state index contributed by atoms with van der Waals surface area (Å²) in [5.41, 5.74) is 5.55. The number of thiophene rings is 1. The Morgan fingerprint density at radius 3 is 2.31 bits per heavy atom. The quantitative estimate of drug-likeness (QED) is 0.247. The van der Waals surface area contributed by atoms with Gasteiger partial charge in [0.15, 0.2) is 5.65 Å². The van der Waals surface area contributed by atoms with E-state index in [9.17, 15) is 0 Å². The fourth-order valence-electron chi connectivity index (χ4n) is 5.51. The predicted molar refractivity (Wildman–Crippen MR) is 153 cm³/mol. The van der Waals surface area contributed by atoms with E-state index in [1.807, 2.05) is 23.5 Å². The summed E-state index contributed by atoms with van der Waals surface area (Å²) in [5, 5.41) is 7.45. The molecule has 0 aliphatic carbocycles. The van der Waals surface area contributed by atoms with Gasteiger partial charge in [0.25, 0.3) is 0 Å². The van der Waals surface area contributed by atoms with E-state index in [-0.39, 0.29) is 0 Å². The lowest BCUT2D eigenvalue weighted by Crippen LogP contribution is -1.90. The topological polar surface area (TPSA) is 26.5 Å². The van der Waals surface area contributed by atoms with Gasteiger partial charge in [0.05, 0.1) is 22.8 Å². The Morgan fingerprint density at radius 2 is 1.50 bits per heavy atom. The van der Waals surface area contributed by atoms with Crippen LogP contribution in [0.3, 0.4) is 0 Å².